The summed E-state index contributed by atoms with van der Waals surface area (Å²) in [5, 5.41) is 0. The van der Waals surface area contributed by atoms with Crippen molar-refractivity contribution in [3.8, 4) is 0 Å². The molecular weight excluding hydrogens is 120 g/mol. The van der Waals surface area contributed by atoms with Crippen LogP contribution in [-0.4, -0.2) is 0 Å². The first-order valence-electron chi connectivity index (χ1n) is 4.30. The van der Waals surface area contributed by atoms with Crippen molar-refractivity contribution in [1.29, 1.82) is 0 Å². The van der Waals surface area contributed by atoms with Gasteiger partial charge in [-0.15, -0.1) is 0 Å². The molecule has 0 aromatic carbocycles. The van der Waals surface area contributed by atoms with E-state index in [9.17, 15) is 0 Å². The van der Waals surface area contributed by atoms with Crippen LogP contribution in [0.3, 0.4) is 0 Å². The molecule has 2 unspecified atom stereocenters. The molecule has 2 bridgehead atoms. The molecule has 0 nitrogen and oxygen atoms in total. The molecule has 2 atom stereocenters. The van der Waals surface area contributed by atoms with Crippen LogP contribution in [0.25, 0.3) is 0 Å². The van der Waals surface area contributed by atoms with E-state index in [1.807, 2.05) is 0 Å². The quantitative estimate of drug-likeness (QED) is 0.481. The van der Waals surface area contributed by atoms with Crippen molar-refractivity contribution in [3.63, 3.8) is 0 Å². The molecule has 3 rings (SSSR count). The van der Waals surface area contributed by atoms with Gasteiger partial charge in [0.15, 0.2) is 0 Å². The third-order valence-electron chi connectivity index (χ3n) is 3.20. The molecule has 1 saturated carbocycles. The molecule has 0 heteroatoms. The Morgan fingerprint density at radius 3 is 2.60 bits per heavy atom. The molecule has 3 aliphatic rings. The normalized spacial score (nSPS) is 41.6. The maximum Gasteiger partial charge on any atom is -0.0128 e. The topological polar surface area (TPSA) is 0 Å². The zero-order valence-corrected chi connectivity index (χ0v) is 6.14. The SMILES string of the molecule is C1=C2CC(C1)C(C1=CC1)C2. The Kier molecular flexibility index (Phi) is 0.803. The number of hydrogen-bond donors (Lipinski definition) is 0. The second kappa shape index (κ2) is 1.55. The summed E-state index contributed by atoms with van der Waals surface area (Å²) in [4.78, 5) is 0. The van der Waals surface area contributed by atoms with Crippen LogP contribution in [-0.2, 0) is 0 Å². The first-order chi connectivity index (χ1) is 4.93. The second-order valence-corrected chi connectivity index (χ2v) is 3.86. The van der Waals surface area contributed by atoms with Crippen LogP contribution in [0.5, 0.6) is 0 Å². The fourth-order valence-electron chi connectivity index (χ4n) is 2.54. The van der Waals surface area contributed by atoms with Crippen LogP contribution >= 0.6 is 0 Å². The van der Waals surface area contributed by atoms with E-state index in [0.717, 1.165) is 11.8 Å². The minimum Gasteiger partial charge on any atom is -0.0850 e. The predicted octanol–water partition coefficient (Wildman–Crippen LogP) is 2.67. The average Bonchev–Trinajstić information content (AvgIpc) is 2.60. The fourth-order valence-corrected chi connectivity index (χ4v) is 2.54. The van der Waals surface area contributed by atoms with E-state index in [0.29, 0.717) is 0 Å². The van der Waals surface area contributed by atoms with Gasteiger partial charge in [0.1, 0.15) is 0 Å². The van der Waals surface area contributed by atoms with Crippen molar-refractivity contribution < 1.29 is 0 Å². The van der Waals surface area contributed by atoms with Gasteiger partial charge >= 0.3 is 0 Å². The largest absolute Gasteiger partial charge is 0.0850 e. The summed E-state index contributed by atoms with van der Waals surface area (Å²) in [6.07, 6.45) is 10.4. The third kappa shape index (κ3) is 0.570. The monoisotopic (exact) mass is 132 g/mol. The molecule has 0 aromatic rings. The Balaban J connectivity index is 1.90. The van der Waals surface area contributed by atoms with Gasteiger partial charge in [0.05, 0.1) is 0 Å². The molecule has 3 aliphatic carbocycles. The van der Waals surface area contributed by atoms with Crippen molar-refractivity contribution in [2.45, 2.75) is 25.7 Å². The van der Waals surface area contributed by atoms with E-state index in [1.165, 1.54) is 25.7 Å². The van der Waals surface area contributed by atoms with E-state index in [2.05, 4.69) is 12.2 Å². The summed E-state index contributed by atoms with van der Waals surface area (Å²) >= 11 is 0. The number of hydrogen-bond acceptors (Lipinski definition) is 0. The highest BCUT2D eigenvalue weighted by Gasteiger charge is 2.37. The Bertz CT molecular complexity index is 232. The molecule has 0 aromatic heterocycles. The number of rotatable bonds is 1. The minimum atomic E-state index is 1.000. The van der Waals surface area contributed by atoms with Gasteiger partial charge in [0.2, 0.25) is 0 Å². The van der Waals surface area contributed by atoms with Gasteiger partial charge in [-0.3, -0.25) is 0 Å². The van der Waals surface area contributed by atoms with Gasteiger partial charge in [0, 0.05) is 0 Å². The molecule has 52 valence electrons. The van der Waals surface area contributed by atoms with Crippen LogP contribution in [0.2, 0.25) is 0 Å². The van der Waals surface area contributed by atoms with Crippen LogP contribution in [0.4, 0.5) is 0 Å². The standard InChI is InChI=1S/C10H12/c1-2-9-5-7(1)6-10(9)8-3-4-8/h1,3,9-10H,2,4-6H2. The molecular formula is C10H12. The van der Waals surface area contributed by atoms with E-state index in [4.69, 9.17) is 0 Å². The summed E-state index contributed by atoms with van der Waals surface area (Å²) in [7, 11) is 0. The smallest absolute Gasteiger partial charge is 0.0128 e. The molecule has 0 heterocycles. The Hall–Kier alpha value is -0.520. The summed E-state index contributed by atoms with van der Waals surface area (Å²) in [5.41, 5.74) is 3.52. The van der Waals surface area contributed by atoms with Gasteiger partial charge in [0.25, 0.3) is 0 Å². The van der Waals surface area contributed by atoms with Gasteiger partial charge < -0.3 is 0 Å². The maximum atomic E-state index is 2.46. The Labute approximate surface area is 61.6 Å². The summed E-state index contributed by atoms with van der Waals surface area (Å²) in [5.74, 6) is 2.03. The first-order valence-corrected chi connectivity index (χ1v) is 4.30. The molecule has 0 radical (unpaired) electrons. The highest BCUT2D eigenvalue weighted by Crippen LogP contribution is 2.50. The van der Waals surface area contributed by atoms with Gasteiger partial charge in [-0.25, -0.2) is 0 Å². The Morgan fingerprint density at radius 1 is 1.20 bits per heavy atom. The number of fused-ring (bicyclic) bond motifs is 2. The van der Waals surface area contributed by atoms with Gasteiger partial charge in [-0.2, -0.15) is 0 Å². The first kappa shape index (κ1) is 5.17. The Morgan fingerprint density at radius 2 is 2.10 bits per heavy atom. The van der Waals surface area contributed by atoms with Gasteiger partial charge in [-0.05, 0) is 37.5 Å². The second-order valence-electron chi connectivity index (χ2n) is 3.86. The lowest BCUT2D eigenvalue weighted by Crippen LogP contribution is -2.05. The van der Waals surface area contributed by atoms with E-state index >= 15 is 0 Å². The lowest BCUT2D eigenvalue weighted by atomic mass is 9.90. The lowest BCUT2D eigenvalue weighted by molar-refractivity contribution is 0.454. The number of allylic oxidation sites excluding steroid dienone is 4. The lowest BCUT2D eigenvalue weighted by Gasteiger charge is -2.15. The van der Waals surface area contributed by atoms with Gasteiger partial charge in [-0.1, -0.05) is 23.3 Å². The molecule has 0 aliphatic heterocycles. The molecule has 0 spiro atoms. The van der Waals surface area contributed by atoms with Crippen LogP contribution < -0.4 is 0 Å². The van der Waals surface area contributed by atoms with E-state index < -0.39 is 0 Å². The summed E-state index contributed by atoms with van der Waals surface area (Å²) in [6.45, 7) is 0. The summed E-state index contributed by atoms with van der Waals surface area (Å²) < 4.78 is 0. The van der Waals surface area contributed by atoms with Crippen LogP contribution in [0.1, 0.15) is 25.7 Å². The van der Waals surface area contributed by atoms with Crippen molar-refractivity contribution >= 4 is 0 Å². The van der Waals surface area contributed by atoms with Crippen molar-refractivity contribution in [2.24, 2.45) is 11.8 Å². The van der Waals surface area contributed by atoms with Crippen LogP contribution in [0.15, 0.2) is 23.3 Å². The van der Waals surface area contributed by atoms with Crippen molar-refractivity contribution in [1.82, 2.24) is 0 Å². The molecule has 0 N–H and O–H groups in total. The molecule has 1 fully saturated rings. The maximum absolute atomic E-state index is 2.46. The minimum absolute atomic E-state index is 1.000. The molecule has 0 amide bonds. The average molecular weight is 132 g/mol. The molecule has 10 heavy (non-hydrogen) atoms. The highest BCUT2D eigenvalue weighted by molar-refractivity contribution is 5.33. The van der Waals surface area contributed by atoms with E-state index in [-0.39, 0.29) is 0 Å². The van der Waals surface area contributed by atoms with Crippen molar-refractivity contribution in [3.05, 3.63) is 23.3 Å². The van der Waals surface area contributed by atoms with E-state index in [1.54, 1.807) is 11.1 Å². The zero-order chi connectivity index (χ0) is 6.55. The highest BCUT2D eigenvalue weighted by atomic mass is 14.4. The third-order valence-corrected chi connectivity index (χ3v) is 3.20. The fraction of sp³-hybridized carbons (Fsp3) is 0.600. The predicted molar refractivity (Wildman–Crippen MR) is 41.6 cm³/mol. The zero-order valence-electron chi connectivity index (χ0n) is 6.14. The summed E-state index contributed by atoms with van der Waals surface area (Å²) in [6, 6.07) is 0. The molecule has 0 saturated heterocycles. The van der Waals surface area contributed by atoms with Crippen LogP contribution in [0, 0.1) is 11.8 Å². The van der Waals surface area contributed by atoms with Crippen molar-refractivity contribution in [2.75, 3.05) is 0 Å².